The van der Waals surface area contributed by atoms with E-state index in [0.717, 1.165) is 20.5 Å². The lowest BCUT2D eigenvalue weighted by Gasteiger charge is -2.01. The molecular weight excluding hydrogens is 463 g/mol. The standard InChI is InChI=1S/C21H12ClIO3/c22-16-5-1-14(2-6-16)20-12-15(21(24)26-20)11-18-9-10-19(25-18)13-3-7-17(23)8-4-13/h1-12H/b15-11+. The fraction of sp³-hybridized carbons (Fsp3) is 0. The van der Waals surface area contributed by atoms with Crippen LogP contribution < -0.4 is 0 Å². The minimum Gasteiger partial charge on any atom is -0.457 e. The first kappa shape index (κ1) is 17.1. The van der Waals surface area contributed by atoms with Crippen LogP contribution in [0.25, 0.3) is 23.2 Å². The van der Waals surface area contributed by atoms with Crippen LogP contribution in [0.1, 0.15) is 11.3 Å². The third kappa shape index (κ3) is 3.61. The van der Waals surface area contributed by atoms with Crippen LogP contribution in [0.5, 0.6) is 0 Å². The smallest absolute Gasteiger partial charge is 0.343 e. The average molecular weight is 475 g/mol. The summed E-state index contributed by atoms with van der Waals surface area (Å²) in [5.41, 5.74) is 2.23. The van der Waals surface area contributed by atoms with Crippen molar-refractivity contribution < 1.29 is 13.9 Å². The number of hydrogen-bond donors (Lipinski definition) is 0. The lowest BCUT2D eigenvalue weighted by molar-refractivity contribution is -0.130. The zero-order valence-electron chi connectivity index (χ0n) is 13.4. The zero-order chi connectivity index (χ0) is 18.1. The first-order chi connectivity index (χ1) is 12.6. The Hall–Kier alpha value is -2.31. The minimum atomic E-state index is -0.401. The van der Waals surface area contributed by atoms with Gasteiger partial charge in [0.1, 0.15) is 17.3 Å². The van der Waals surface area contributed by atoms with Crippen molar-refractivity contribution in [3.63, 3.8) is 0 Å². The van der Waals surface area contributed by atoms with Gasteiger partial charge in [0, 0.05) is 19.7 Å². The molecular formula is C21H12ClIO3. The van der Waals surface area contributed by atoms with Crippen LogP contribution in [-0.2, 0) is 9.53 Å². The van der Waals surface area contributed by atoms with Crippen LogP contribution in [0.2, 0.25) is 5.02 Å². The summed E-state index contributed by atoms with van der Waals surface area (Å²) in [5.74, 6) is 1.45. The lowest BCUT2D eigenvalue weighted by Crippen LogP contribution is -1.96. The highest BCUT2D eigenvalue weighted by atomic mass is 127. The van der Waals surface area contributed by atoms with Crippen molar-refractivity contribution in [2.75, 3.05) is 0 Å². The molecule has 0 N–H and O–H groups in total. The fourth-order valence-electron chi connectivity index (χ4n) is 2.60. The summed E-state index contributed by atoms with van der Waals surface area (Å²) in [6, 6.07) is 18.9. The van der Waals surface area contributed by atoms with Gasteiger partial charge in [0.25, 0.3) is 0 Å². The number of rotatable bonds is 3. The first-order valence-electron chi connectivity index (χ1n) is 7.86. The second-order valence-electron chi connectivity index (χ2n) is 5.71. The van der Waals surface area contributed by atoms with Gasteiger partial charge in [-0.3, -0.25) is 0 Å². The van der Waals surface area contributed by atoms with Crippen molar-refractivity contribution >= 4 is 52.0 Å². The van der Waals surface area contributed by atoms with Gasteiger partial charge in [0.05, 0.1) is 5.57 Å². The Balaban J connectivity index is 1.61. The molecule has 1 aliphatic rings. The van der Waals surface area contributed by atoms with E-state index in [1.54, 1.807) is 24.3 Å². The molecule has 0 bridgehead atoms. The quantitative estimate of drug-likeness (QED) is 0.258. The predicted octanol–water partition coefficient (Wildman–Crippen LogP) is 6.19. The second kappa shape index (κ2) is 7.13. The number of ether oxygens (including phenoxy) is 1. The van der Waals surface area contributed by atoms with E-state index in [0.29, 0.717) is 22.1 Å². The highest BCUT2D eigenvalue weighted by Crippen LogP contribution is 2.29. The molecule has 2 aromatic carbocycles. The van der Waals surface area contributed by atoms with Crippen LogP contribution >= 0.6 is 34.2 Å². The number of esters is 1. The number of benzene rings is 2. The van der Waals surface area contributed by atoms with Gasteiger partial charge in [-0.15, -0.1) is 0 Å². The summed E-state index contributed by atoms with van der Waals surface area (Å²) in [7, 11) is 0. The van der Waals surface area contributed by atoms with Crippen LogP contribution in [0.15, 0.2) is 76.7 Å². The molecule has 1 aliphatic heterocycles. The predicted molar refractivity (Wildman–Crippen MR) is 110 cm³/mol. The number of cyclic esters (lactones) is 1. The Morgan fingerprint density at radius 2 is 1.58 bits per heavy atom. The van der Waals surface area contributed by atoms with Gasteiger partial charge in [-0.1, -0.05) is 23.7 Å². The van der Waals surface area contributed by atoms with Crippen molar-refractivity contribution in [1.82, 2.24) is 0 Å². The van der Waals surface area contributed by atoms with E-state index in [4.69, 9.17) is 20.8 Å². The Kier molecular flexibility index (Phi) is 4.70. The highest BCUT2D eigenvalue weighted by molar-refractivity contribution is 14.1. The lowest BCUT2D eigenvalue weighted by atomic mass is 10.1. The minimum absolute atomic E-state index is 0.401. The molecule has 1 aromatic heterocycles. The van der Waals surface area contributed by atoms with E-state index in [1.165, 1.54) is 0 Å². The topological polar surface area (TPSA) is 39.4 Å². The van der Waals surface area contributed by atoms with Crippen molar-refractivity contribution in [3.8, 4) is 11.3 Å². The molecule has 0 saturated carbocycles. The van der Waals surface area contributed by atoms with Gasteiger partial charge in [-0.2, -0.15) is 0 Å². The van der Waals surface area contributed by atoms with Gasteiger partial charge in [0.2, 0.25) is 0 Å². The number of carbonyl (C=O) groups is 1. The van der Waals surface area contributed by atoms with Crippen LogP contribution in [0.4, 0.5) is 0 Å². The molecule has 0 saturated heterocycles. The molecule has 0 unspecified atom stereocenters. The van der Waals surface area contributed by atoms with E-state index in [2.05, 4.69) is 22.6 Å². The third-order valence-electron chi connectivity index (χ3n) is 3.91. The molecule has 3 aromatic rings. The monoisotopic (exact) mass is 474 g/mol. The molecule has 0 atom stereocenters. The first-order valence-corrected chi connectivity index (χ1v) is 9.31. The Morgan fingerprint density at radius 3 is 2.31 bits per heavy atom. The van der Waals surface area contributed by atoms with Gasteiger partial charge in [-0.25, -0.2) is 4.79 Å². The molecule has 0 spiro atoms. The molecule has 0 amide bonds. The van der Waals surface area contributed by atoms with E-state index in [-0.39, 0.29) is 0 Å². The van der Waals surface area contributed by atoms with Crippen molar-refractivity contribution in [3.05, 3.63) is 92.2 Å². The largest absolute Gasteiger partial charge is 0.457 e. The van der Waals surface area contributed by atoms with E-state index in [1.807, 2.05) is 48.5 Å². The maximum absolute atomic E-state index is 12.1. The van der Waals surface area contributed by atoms with E-state index < -0.39 is 5.97 Å². The number of hydrogen-bond acceptors (Lipinski definition) is 3. The number of halogens is 2. The molecule has 0 fully saturated rings. The molecule has 2 heterocycles. The van der Waals surface area contributed by atoms with Crippen LogP contribution in [0, 0.1) is 3.57 Å². The molecule has 0 radical (unpaired) electrons. The van der Waals surface area contributed by atoms with Crippen molar-refractivity contribution in [2.45, 2.75) is 0 Å². The number of carbonyl (C=O) groups excluding carboxylic acids is 1. The fourth-order valence-corrected chi connectivity index (χ4v) is 3.08. The summed E-state index contributed by atoms with van der Waals surface area (Å²) in [4.78, 5) is 12.1. The van der Waals surface area contributed by atoms with Gasteiger partial charge in [-0.05, 0) is 83.3 Å². The van der Waals surface area contributed by atoms with Crippen LogP contribution in [-0.4, -0.2) is 5.97 Å². The van der Waals surface area contributed by atoms with E-state index >= 15 is 0 Å². The summed E-state index contributed by atoms with van der Waals surface area (Å²) in [5, 5.41) is 0.633. The molecule has 0 aliphatic carbocycles. The molecule has 4 rings (SSSR count). The highest BCUT2D eigenvalue weighted by Gasteiger charge is 2.22. The Labute approximate surface area is 169 Å². The molecule has 3 nitrogen and oxygen atoms in total. The normalized spacial score (nSPS) is 15.2. The third-order valence-corrected chi connectivity index (χ3v) is 4.88. The summed E-state index contributed by atoms with van der Waals surface area (Å²) in [6.07, 6.45) is 3.39. The second-order valence-corrected chi connectivity index (χ2v) is 7.40. The van der Waals surface area contributed by atoms with Gasteiger partial charge >= 0.3 is 5.97 Å². The Bertz CT molecular complexity index is 1030. The SMILES string of the molecule is O=C1OC(c2ccc(Cl)cc2)=C/C1=C\c1ccc(-c2ccc(I)cc2)o1. The molecule has 5 heteroatoms. The van der Waals surface area contributed by atoms with Gasteiger partial charge in [0.15, 0.2) is 0 Å². The summed E-state index contributed by atoms with van der Waals surface area (Å²) in [6.45, 7) is 0. The van der Waals surface area contributed by atoms with E-state index in [9.17, 15) is 4.79 Å². The summed E-state index contributed by atoms with van der Waals surface area (Å²) < 4.78 is 12.3. The van der Waals surface area contributed by atoms with Crippen LogP contribution in [0.3, 0.4) is 0 Å². The maximum atomic E-state index is 12.1. The summed E-state index contributed by atoms with van der Waals surface area (Å²) >= 11 is 8.15. The zero-order valence-corrected chi connectivity index (χ0v) is 16.3. The Morgan fingerprint density at radius 1 is 0.885 bits per heavy atom. The average Bonchev–Trinajstić information content (AvgIpc) is 3.24. The van der Waals surface area contributed by atoms with Crippen molar-refractivity contribution in [2.24, 2.45) is 0 Å². The molecule has 26 heavy (non-hydrogen) atoms. The number of furan rings is 1. The maximum Gasteiger partial charge on any atom is 0.343 e. The van der Waals surface area contributed by atoms with Crippen molar-refractivity contribution in [1.29, 1.82) is 0 Å². The molecule has 128 valence electrons. The van der Waals surface area contributed by atoms with Gasteiger partial charge < -0.3 is 9.15 Å².